The van der Waals surface area contributed by atoms with Crippen molar-refractivity contribution in [2.24, 2.45) is 5.92 Å². The number of hydrogen-bond acceptors (Lipinski definition) is 4. The van der Waals surface area contributed by atoms with E-state index in [4.69, 9.17) is 0 Å². The van der Waals surface area contributed by atoms with Gasteiger partial charge in [0.15, 0.2) is 5.82 Å². The summed E-state index contributed by atoms with van der Waals surface area (Å²) in [5, 5.41) is 12.9. The molecule has 0 fully saturated rings. The number of rotatable bonds is 7. The lowest BCUT2D eigenvalue weighted by molar-refractivity contribution is 0.268. The molecule has 5 heteroatoms. The zero-order valence-electron chi connectivity index (χ0n) is 13.4. The summed E-state index contributed by atoms with van der Waals surface area (Å²) in [6, 6.07) is 2.07. The molecule has 116 valence electrons. The first kappa shape index (κ1) is 15.8. The monoisotopic (exact) mass is 290 g/mol. The molecule has 1 atom stereocenters. The fourth-order valence-corrected chi connectivity index (χ4v) is 2.62. The van der Waals surface area contributed by atoms with E-state index in [0.29, 0.717) is 5.92 Å². The van der Waals surface area contributed by atoms with Crippen molar-refractivity contribution < 1.29 is 5.11 Å². The second-order valence-electron chi connectivity index (χ2n) is 6.03. The first-order valence-electron chi connectivity index (χ1n) is 7.76. The van der Waals surface area contributed by atoms with Gasteiger partial charge in [-0.15, -0.1) is 0 Å². The van der Waals surface area contributed by atoms with Crippen molar-refractivity contribution >= 4 is 16.9 Å². The molecule has 0 aliphatic carbocycles. The molecule has 1 unspecified atom stereocenters. The Morgan fingerprint density at radius 3 is 2.71 bits per heavy atom. The number of hydrogen-bond donors (Lipinski definition) is 2. The summed E-state index contributed by atoms with van der Waals surface area (Å²) < 4.78 is 2.20. The van der Waals surface area contributed by atoms with Gasteiger partial charge >= 0.3 is 0 Å². The summed E-state index contributed by atoms with van der Waals surface area (Å²) >= 11 is 0. The SMILES string of the molecule is CCCC(CO)Nc1nc(C)nc2ccn(CC(C)C)c12. The molecule has 2 rings (SSSR count). The third kappa shape index (κ3) is 3.73. The molecule has 2 N–H and O–H groups in total. The zero-order chi connectivity index (χ0) is 15.4. The molecular weight excluding hydrogens is 264 g/mol. The van der Waals surface area contributed by atoms with Gasteiger partial charge in [-0.05, 0) is 25.3 Å². The molecule has 2 aromatic heterocycles. The van der Waals surface area contributed by atoms with E-state index in [0.717, 1.165) is 42.1 Å². The van der Waals surface area contributed by atoms with Crippen LogP contribution in [-0.2, 0) is 6.54 Å². The van der Waals surface area contributed by atoms with Crippen LogP contribution in [0.2, 0.25) is 0 Å². The number of anilines is 1. The fraction of sp³-hybridized carbons (Fsp3) is 0.625. The van der Waals surface area contributed by atoms with Crippen molar-refractivity contribution in [2.45, 2.75) is 53.1 Å². The van der Waals surface area contributed by atoms with Gasteiger partial charge in [0, 0.05) is 12.7 Å². The molecule has 21 heavy (non-hydrogen) atoms. The molecule has 2 heterocycles. The predicted molar refractivity (Wildman–Crippen MR) is 86.5 cm³/mol. The number of fused-ring (bicyclic) bond motifs is 1. The lowest BCUT2D eigenvalue weighted by Crippen LogP contribution is -2.24. The highest BCUT2D eigenvalue weighted by Crippen LogP contribution is 2.24. The molecule has 0 aliphatic rings. The second-order valence-corrected chi connectivity index (χ2v) is 6.03. The van der Waals surface area contributed by atoms with Gasteiger partial charge in [0.05, 0.1) is 18.2 Å². The number of aliphatic hydroxyl groups is 1. The zero-order valence-corrected chi connectivity index (χ0v) is 13.4. The van der Waals surface area contributed by atoms with Crippen molar-refractivity contribution in [3.8, 4) is 0 Å². The number of nitrogens with zero attached hydrogens (tertiary/aromatic N) is 3. The van der Waals surface area contributed by atoms with Crippen LogP contribution in [-0.4, -0.2) is 32.3 Å². The lowest BCUT2D eigenvalue weighted by atomic mass is 10.2. The van der Waals surface area contributed by atoms with Gasteiger partial charge < -0.3 is 15.0 Å². The first-order chi connectivity index (χ1) is 10.0. The van der Waals surface area contributed by atoms with Gasteiger partial charge in [-0.3, -0.25) is 0 Å². The molecule has 0 aliphatic heterocycles. The topological polar surface area (TPSA) is 63.0 Å². The molecule has 0 spiro atoms. The average Bonchev–Trinajstić information content (AvgIpc) is 2.80. The van der Waals surface area contributed by atoms with E-state index in [2.05, 4.69) is 46.8 Å². The summed E-state index contributed by atoms with van der Waals surface area (Å²) in [6.07, 6.45) is 4.02. The summed E-state index contributed by atoms with van der Waals surface area (Å²) in [6.45, 7) is 9.46. The smallest absolute Gasteiger partial charge is 0.154 e. The number of aromatic nitrogens is 3. The van der Waals surface area contributed by atoms with Crippen molar-refractivity contribution in [1.29, 1.82) is 0 Å². The molecule has 0 saturated carbocycles. The molecule has 0 amide bonds. The van der Waals surface area contributed by atoms with E-state index < -0.39 is 0 Å². The Kier molecular flexibility index (Phi) is 5.17. The summed E-state index contributed by atoms with van der Waals surface area (Å²) in [7, 11) is 0. The van der Waals surface area contributed by atoms with Gasteiger partial charge in [-0.25, -0.2) is 9.97 Å². The Balaban J connectivity index is 2.42. The van der Waals surface area contributed by atoms with Crippen LogP contribution in [0.5, 0.6) is 0 Å². The average molecular weight is 290 g/mol. The Hall–Kier alpha value is -1.62. The molecular formula is C16H26N4O. The minimum Gasteiger partial charge on any atom is -0.394 e. The van der Waals surface area contributed by atoms with Gasteiger partial charge in [0.25, 0.3) is 0 Å². The van der Waals surface area contributed by atoms with Gasteiger partial charge in [-0.1, -0.05) is 27.2 Å². The van der Waals surface area contributed by atoms with E-state index >= 15 is 0 Å². The van der Waals surface area contributed by atoms with Gasteiger partial charge in [0.1, 0.15) is 11.3 Å². The molecule has 2 aromatic rings. The first-order valence-corrected chi connectivity index (χ1v) is 7.76. The van der Waals surface area contributed by atoms with E-state index in [9.17, 15) is 5.11 Å². The minimum absolute atomic E-state index is 0.0369. The maximum Gasteiger partial charge on any atom is 0.154 e. The highest BCUT2D eigenvalue weighted by Gasteiger charge is 2.15. The lowest BCUT2D eigenvalue weighted by Gasteiger charge is -2.18. The Bertz CT molecular complexity index is 591. The molecule has 0 aromatic carbocycles. The van der Waals surface area contributed by atoms with Crippen LogP contribution in [0, 0.1) is 12.8 Å². The fourth-order valence-electron chi connectivity index (χ4n) is 2.62. The van der Waals surface area contributed by atoms with Gasteiger partial charge in [0.2, 0.25) is 0 Å². The Morgan fingerprint density at radius 1 is 1.33 bits per heavy atom. The maximum atomic E-state index is 9.51. The third-order valence-electron chi connectivity index (χ3n) is 3.48. The van der Waals surface area contributed by atoms with Crippen molar-refractivity contribution in [1.82, 2.24) is 14.5 Å². The van der Waals surface area contributed by atoms with Crippen molar-refractivity contribution in [3.05, 3.63) is 18.1 Å². The molecule has 5 nitrogen and oxygen atoms in total. The van der Waals surface area contributed by atoms with Crippen LogP contribution >= 0.6 is 0 Å². The van der Waals surface area contributed by atoms with Crippen LogP contribution in [0.25, 0.3) is 11.0 Å². The quantitative estimate of drug-likeness (QED) is 0.823. The Morgan fingerprint density at radius 2 is 2.10 bits per heavy atom. The van der Waals surface area contributed by atoms with Crippen LogP contribution < -0.4 is 5.32 Å². The second kappa shape index (κ2) is 6.89. The standard InChI is InChI=1S/C16H26N4O/c1-5-6-13(10-21)19-16-15-14(17-12(4)18-16)7-8-20(15)9-11(2)3/h7-8,11,13,21H,5-6,9-10H2,1-4H3,(H,17,18,19). The maximum absolute atomic E-state index is 9.51. The van der Waals surface area contributed by atoms with Crippen LogP contribution in [0.3, 0.4) is 0 Å². The van der Waals surface area contributed by atoms with Crippen LogP contribution in [0.15, 0.2) is 12.3 Å². The summed E-state index contributed by atoms with van der Waals surface area (Å²) in [4.78, 5) is 9.07. The largest absolute Gasteiger partial charge is 0.394 e. The third-order valence-corrected chi connectivity index (χ3v) is 3.48. The summed E-state index contributed by atoms with van der Waals surface area (Å²) in [5.41, 5.74) is 1.99. The van der Waals surface area contributed by atoms with Gasteiger partial charge in [-0.2, -0.15) is 0 Å². The minimum atomic E-state index is 0.0369. The van der Waals surface area contributed by atoms with Crippen LogP contribution in [0.1, 0.15) is 39.4 Å². The van der Waals surface area contributed by atoms with E-state index in [-0.39, 0.29) is 12.6 Å². The Labute approximate surface area is 126 Å². The molecule has 0 saturated heterocycles. The highest BCUT2D eigenvalue weighted by atomic mass is 16.3. The highest BCUT2D eigenvalue weighted by molar-refractivity contribution is 5.86. The molecule has 0 bridgehead atoms. The summed E-state index contributed by atoms with van der Waals surface area (Å²) in [5.74, 6) is 2.13. The van der Waals surface area contributed by atoms with Crippen molar-refractivity contribution in [3.63, 3.8) is 0 Å². The van der Waals surface area contributed by atoms with E-state index in [1.54, 1.807) is 0 Å². The van der Waals surface area contributed by atoms with E-state index in [1.165, 1.54) is 0 Å². The van der Waals surface area contributed by atoms with E-state index in [1.807, 2.05) is 13.0 Å². The van der Waals surface area contributed by atoms with Crippen molar-refractivity contribution in [2.75, 3.05) is 11.9 Å². The number of aryl methyl sites for hydroxylation is 1. The number of nitrogens with one attached hydrogen (secondary N) is 1. The predicted octanol–water partition coefficient (Wildman–Crippen LogP) is 2.97. The molecule has 0 radical (unpaired) electrons. The normalized spacial score (nSPS) is 13.0. The number of aliphatic hydroxyl groups excluding tert-OH is 1. The van der Waals surface area contributed by atoms with Crippen LogP contribution in [0.4, 0.5) is 5.82 Å².